The molecule has 9 heteroatoms. The average molecular weight is 486 g/mol. The molecule has 2 heterocycles. The van der Waals surface area contributed by atoms with Gasteiger partial charge in [0, 0.05) is 11.3 Å². The molecule has 0 aliphatic carbocycles. The number of carbonyl (C=O) groups excluding carboxylic acids is 1. The van der Waals surface area contributed by atoms with Gasteiger partial charge < -0.3 is 20.1 Å². The lowest BCUT2D eigenvalue weighted by atomic mass is 9.95. The molecule has 0 radical (unpaired) electrons. The Morgan fingerprint density at radius 3 is 2.42 bits per heavy atom. The number of nitrogens with one attached hydrogen (secondary N) is 2. The van der Waals surface area contributed by atoms with Crippen molar-refractivity contribution in [2.45, 2.75) is 13.0 Å². The van der Waals surface area contributed by atoms with E-state index in [1.165, 1.54) is 12.1 Å². The van der Waals surface area contributed by atoms with Crippen LogP contribution in [0.2, 0.25) is 0 Å². The molecule has 0 fully saturated rings. The van der Waals surface area contributed by atoms with Crippen molar-refractivity contribution < 1.29 is 18.7 Å². The fraction of sp³-hybridized carbons (Fsp3) is 0.148. The number of methoxy groups -OCH3 is 2. The molecule has 3 aromatic carbocycles. The fourth-order valence-corrected chi connectivity index (χ4v) is 4.20. The van der Waals surface area contributed by atoms with Crippen molar-refractivity contribution in [1.29, 1.82) is 0 Å². The molecule has 8 nitrogen and oxygen atoms in total. The summed E-state index contributed by atoms with van der Waals surface area (Å²) in [6.45, 7) is 1.80. The molecule has 2 N–H and O–H groups in total. The number of ether oxygens (including phenoxy) is 2. The number of hydrogen-bond acceptors (Lipinski definition) is 6. The van der Waals surface area contributed by atoms with E-state index in [1.54, 1.807) is 50.1 Å². The monoisotopic (exact) mass is 485 g/mol. The Bertz CT molecular complexity index is 1450. The predicted octanol–water partition coefficient (Wildman–Crippen LogP) is 5.03. The van der Waals surface area contributed by atoms with E-state index < -0.39 is 6.04 Å². The molecule has 5 rings (SSSR count). The maximum atomic E-state index is 13.8. The zero-order valence-electron chi connectivity index (χ0n) is 19.9. The number of aromatic nitrogens is 3. The van der Waals surface area contributed by atoms with Crippen molar-refractivity contribution in [1.82, 2.24) is 14.8 Å². The molecule has 1 aliphatic rings. The van der Waals surface area contributed by atoms with Crippen LogP contribution in [0.25, 0.3) is 11.4 Å². The number of nitrogens with zero attached hydrogens (tertiary/aromatic N) is 3. The molecule has 1 atom stereocenters. The van der Waals surface area contributed by atoms with Crippen LogP contribution < -0.4 is 20.1 Å². The largest absolute Gasteiger partial charge is 0.497 e. The summed E-state index contributed by atoms with van der Waals surface area (Å²) < 4.78 is 26.1. The quantitative estimate of drug-likeness (QED) is 0.398. The van der Waals surface area contributed by atoms with Gasteiger partial charge in [-0.1, -0.05) is 24.3 Å². The number of allylic oxidation sites excluding steroid dienone is 1. The van der Waals surface area contributed by atoms with Gasteiger partial charge in [0.25, 0.3) is 5.91 Å². The predicted molar refractivity (Wildman–Crippen MR) is 134 cm³/mol. The van der Waals surface area contributed by atoms with Crippen LogP contribution in [0.3, 0.4) is 0 Å². The second-order valence-electron chi connectivity index (χ2n) is 8.20. The lowest BCUT2D eigenvalue weighted by Crippen LogP contribution is -2.31. The first-order valence-electron chi connectivity index (χ1n) is 11.3. The Kier molecular flexibility index (Phi) is 6.12. The number of amides is 1. The Morgan fingerprint density at radius 1 is 1.00 bits per heavy atom. The summed E-state index contributed by atoms with van der Waals surface area (Å²) in [7, 11) is 3.15. The lowest BCUT2D eigenvalue weighted by Gasteiger charge is -2.28. The molecular formula is C27H24FN5O3. The summed E-state index contributed by atoms with van der Waals surface area (Å²) in [5.74, 6) is 1.50. The third-order valence-electron chi connectivity index (χ3n) is 5.99. The highest BCUT2D eigenvalue weighted by Gasteiger charge is 2.34. The van der Waals surface area contributed by atoms with Crippen LogP contribution in [0.5, 0.6) is 11.5 Å². The van der Waals surface area contributed by atoms with Crippen molar-refractivity contribution in [2.24, 2.45) is 0 Å². The molecule has 0 saturated carbocycles. The molecule has 182 valence electrons. The highest BCUT2D eigenvalue weighted by atomic mass is 19.1. The summed E-state index contributed by atoms with van der Waals surface area (Å²) in [5.41, 5.74) is 3.04. The molecule has 36 heavy (non-hydrogen) atoms. The van der Waals surface area contributed by atoms with Crippen LogP contribution in [0.15, 0.2) is 84.1 Å². The van der Waals surface area contributed by atoms with Gasteiger partial charge in [-0.3, -0.25) is 4.79 Å². The van der Waals surface area contributed by atoms with Crippen molar-refractivity contribution >= 4 is 17.5 Å². The van der Waals surface area contributed by atoms with Gasteiger partial charge in [0.05, 0.1) is 25.5 Å². The van der Waals surface area contributed by atoms with Crippen molar-refractivity contribution in [3.05, 3.63) is 95.4 Å². The minimum Gasteiger partial charge on any atom is -0.497 e. The minimum atomic E-state index is -0.643. The van der Waals surface area contributed by atoms with Crippen molar-refractivity contribution in [3.8, 4) is 22.9 Å². The molecule has 1 aromatic heterocycles. The SMILES string of the molecule is COc1ccc(-c2nc3n(n2)C(c2ccc(F)cc2)C(C(=O)Nc2ccccc2OC)=C(C)N3)cc1. The number of fused-ring (bicyclic) bond motifs is 1. The van der Waals surface area contributed by atoms with Crippen LogP contribution in [0.1, 0.15) is 18.5 Å². The maximum Gasteiger partial charge on any atom is 0.255 e. The second-order valence-corrected chi connectivity index (χ2v) is 8.20. The fourth-order valence-electron chi connectivity index (χ4n) is 4.20. The second kappa shape index (κ2) is 9.53. The third-order valence-corrected chi connectivity index (χ3v) is 5.99. The number of para-hydroxylation sites is 2. The molecule has 0 saturated heterocycles. The first-order chi connectivity index (χ1) is 17.5. The zero-order valence-corrected chi connectivity index (χ0v) is 19.9. The summed E-state index contributed by atoms with van der Waals surface area (Å²) in [4.78, 5) is 18.3. The summed E-state index contributed by atoms with van der Waals surface area (Å²) in [6.07, 6.45) is 0. The van der Waals surface area contributed by atoms with Crippen LogP contribution >= 0.6 is 0 Å². The Hall–Kier alpha value is -4.66. The number of anilines is 2. The van der Waals surface area contributed by atoms with E-state index in [-0.39, 0.29) is 11.7 Å². The molecule has 1 aliphatic heterocycles. The van der Waals surface area contributed by atoms with Gasteiger partial charge in [0.2, 0.25) is 5.95 Å². The van der Waals surface area contributed by atoms with Gasteiger partial charge >= 0.3 is 0 Å². The van der Waals surface area contributed by atoms with E-state index in [9.17, 15) is 9.18 Å². The molecule has 1 unspecified atom stereocenters. The summed E-state index contributed by atoms with van der Waals surface area (Å²) in [6, 6.07) is 19.9. The first kappa shape index (κ1) is 23.1. The molecule has 0 bridgehead atoms. The van der Waals surface area contributed by atoms with Gasteiger partial charge in [-0.25, -0.2) is 9.07 Å². The van der Waals surface area contributed by atoms with Crippen LogP contribution in [-0.4, -0.2) is 34.9 Å². The van der Waals surface area contributed by atoms with E-state index >= 15 is 0 Å². The van der Waals surface area contributed by atoms with Gasteiger partial charge in [-0.2, -0.15) is 4.98 Å². The smallest absolute Gasteiger partial charge is 0.255 e. The van der Waals surface area contributed by atoms with Crippen LogP contribution in [-0.2, 0) is 4.79 Å². The number of rotatable bonds is 6. The van der Waals surface area contributed by atoms with Crippen LogP contribution in [0, 0.1) is 5.82 Å². The van der Waals surface area contributed by atoms with E-state index in [2.05, 4.69) is 15.6 Å². The lowest BCUT2D eigenvalue weighted by molar-refractivity contribution is -0.113. The molecular weight excluding hydrogens is 461 g/mol. The highest BCUT2D eigenvalue weighted by molar-refractivity contribution is 6.06. The number of benzene rings is 3. The Labute approximate surface area is 207 Å². The van der Waals surface area contributed by atoms with Crippen molar-refractivity contribution in [2.75, 3.05) is 24.9 Å². The number of carbonyl (C=O) groups is 1. The van der Waals surface area contributed by atoms with E-state index in [0.29, 0.717) is 40.0 Å². The maximum absolute atomic E-state index is 13.8. The van der Waals surface area contributed by atoms with E-state index in [0.717, 1.165) is 11.3 Å². The number of halogens is 1. The van der Waals surface area contributed by atoms with Gasteiger partial charge in [-0.05, 0) is 61.0 Å². The minimum absolute atomic E-state index is 0.342. The Morgan fingerprint density at radius 2 is 1.72 bits per heavy atom. The van der Waals surface area contributed by atoms with Gasteiger partial charge in [0.15, 0.2) is 5.82 Å². The molecule has 4 aromatic rings. The summed E-state index contributed by atoms with van der Waals surface area (Å²) in [5, 5.41) is 10.9. The van der Waals surface area contributed by atoms with E-state index in [4.69, 9.17) is 14.6 Å². The Balaban J connectivity index is 1.58. The van der Waals surface area contributed by atoms with E-state index in [1.807, 2.05) is 36.4 Å². The zero-order chi connectivity index (χ0) is 25.2. The van der Waals surface area contributed by atoms with Gasteiger partial charge in [0.1, 0.15) is 23.4 Å². The third kappa shape index (κ3) is 4.26. The van der Waals surface area contributed by atoms with Crippen LogP contribution in [0.4, 0.5) is 16.0 Å². The van der Waals surface area contributed by atoms with Gasteiger partial charge in [-0.15, -0.1) is 5.10 Å². The summed E-state index contributed by atoms with van der Waals surface area (Å²) >= 11 is 0. The average Bonchev–Trinajstić information content (AvgIpc) is 3.32. The topological polar surface area (TPSA) is 90.3 Å². The number of hydrogen-bond donors (Lipinski definition) is 2. The normalized spacial score (nSPS) is 14.6. The molecule has 0 spiro atoms. The highest BCUT2D eigenvalue weighted by Crippen LogP contribution is 2.37. The molecule has 1 amide bonds. The first-order valence-corrected chi connectivity index (χ1v) is 11.3. The van der Waals surface area contributed by atoms with Crippen molar-refractivity contribution in [3.63, 3.8) is 0 Å². The standard InChI is InChI=1S/C27H24FN5O3/c1-16-23(26(34)30-21-6-4-5-7-22(21)36-3)24(17-8-12-19(28)13-9-17)33-27(29-16)31-25(32-33)18-10-14-20(35-2)15-11-18/h4-15,24H,1-3H3,(H,30,34)(H,29,31,32).